The Hall–Kier alpha value is -2.90. The number of aromatic nitrogens is 2. The zero-order valence-electron chi connectivity index (χ0n) is 10.9. The van der Waals surface area contributed by atoms with Crippen LogP contribution in [0.2, 0.25) is 0 Å². The number of hydrogen-bond acceptors (Lipinski definition) is 4. The van der Waals surface area contributed by atoms with Crippen molar-refractivity contribution in [3.63, 3.8) is 0 Å². The van der Waals surface area contributed by atoms with Gasteiger partial charge in [0.15, 0.2) is 5.69 Å². The molecule has 0 spiro atoms. The van der Waals surface area contributed by atoms with Gasteiger partial charge in [-0.3, -0.25) is 0 Å². The van der Waals surface area contributed by atoms with E-state index in [0.717, 1.165) is 6.33 Å². The largest absolute Gasteiger partial charge is 0.573 e. The Balaban J connectivity index is 2.27. The van der Waals surface area contributed by atoms with E-state index in [4.69, 9.17) is 5.11 Å². The highest BCUT2D eigenvalue weighted by Gasteiger charge is 2.31. The van der Waals surface area contributed by atoms with E-state index in [2.05, 4.69) is 14.7 Å². The number of alkyl halides is 3. The number of para-hydroxylation sites is 1. The molecule has 114 valence electrons. The van der Waals surface area contributed by atoms with E-state index in [-0.39, 0.29) is 22.7 Å². The number of halogens is 3. The van der Waals surface area contributed by atoms with Crippen molar-refractivity contribution in [3.05, 3.63) is 53.6 Å². The summed E-state index contributed by atoms with van der Waals surface area (Å²) in [6, 6.07) is 6.76. The minimum Gasteiger partial charge on any atom is -0.477 e. The van der Waals surface area contributed by atoms with Gasteiger partial charge in [0.05, 0.1) is 5.69 Å². The van der Waals surface area contributed by atoms with E-state index in [1.54, 1.807) is 6.07 Å². The molecule has 0 fully saturated rings. The molecule has 1 aromatic heterocycles. The zero-order valence-corrected chi connectivity index (χ0v) is 10.9. The van der Waals surface area contributed by atoms with Crippen molar-refractivity contribution in [2.24, 2.45) is 0 Å². The highest BCUT2D eigenvalue weighted by Crippen LogP contribution is 2.27. The summed E-state index contributed by atoms with van der Waals surface area (Å²) in [6.45, 7) is 0. The Bertz CT molecular complexity index is 714. The summed E-state index contributed by atoms with van der Waals surface area (Å²) in [5, 5.41) is 8.81. The quantitative estimate of drug-likeness (QED) is 0.938. The minimum absolute atomic E-state index is 0.176. The summed E-state index contributed by atoms with van der Waals surface area (Å²) in [4.78, 5) is 18.1. The number of benzene rings is 1. The van der Waals surface area contributed by atoms with Crippen molar-refractivity contribution < 1.29 is 27.8 Å². The number of carboxylic acid groups (broad SMARTS) is 1. The Kier molecular flexibility index (Phi) is 4.40. The van der Waals surface area contributed by atoms with Crippen LogP contribution in [-0.4, -0.2) is 27.4 Å². The maximum Gasteiger partial charge on any atom is 0.573 e. The maximum atomic E-state index is 12.3. The Labute approximate surface area is 122 Å². The topological polar surface area (TPSA) is 72.3 Å². The summed E-state index contributed by atoms with van der Waals surface area (Å²) in [5.74, 6) is -1.59. The second-order valence-corrected chi connectivity index (χ2v) is 4.05. The number of carboxylic acids is 1. The van der Waals surface area contributed by atoms with E-state index in [1.165, 1.54) is 36.4 Å². The first kappa shape index (κ1) is 15.5. The molecule has 1 aromatic carbocycles. The van der Waals surface area contributed by atoms with Crippen molar-refractivity contribution in [1.82, 2.24) is 9.97 Å². The van der Waals surface area contributed by atoms with Gasteiger partial charge in [0, 0.05) is 5.56 Å². The number of nitrogens with zero attached hydrogens (tertiary/aromatic N) is 2. The lowest BCUT2D eigenvalue weighted by atomic mass is 10.1. The lowest BCUT2D eigenvalue weighted by Gasteiger charge is -2.10. The molecule has 2 rings (SSSR count). The minimum atomic E-state index is -4.80. The molecular weight excluding hydrogens is 301 g/mol. The summed E-state index contributed by atoms with van der Waals surface area (Å²) in [6.07, 6.45) is -1.03. The summed E-state index contributed by atoms with van der Waals surface area (Å²) >= 11 is 0. The molecule has 0 aliphatic carbocycles. The third kappa shape index (κ3) is 4.30. The second-order valence-electron chi connectivity index (χ2n) is 4.05. The summed E-state index contributed by atoms with van der Waals surface area (Å²) in [7, 11) is 0. The predicted molar refractivity (Wildman–Crippen MR) is 71.0 cm³/mol. The highest BCUT2D eigenvalue weighted by atomic mass is 19.4. The van der Waals surface area contributed by atoms with Crippen molar-refractivity contribution in [3.8, 4) is 5.75 Å². The fourth-order valence-corrected chi connectivity index (χ4v) is 1.59. The molecule has 1 N–H and O–H groups in total. The van der Waals surface area contributed by atoms with Crippen LogP contribution in [0.5, 0.6) is 5.75 Å². The van der Waals surface area contributed by atoms with Crippen molar-refractivity contribution in [1.29, 1.82) is 0 Å². The van der Waals surface area contributed by atoms with Gasteiger partial charge in [0.1, 0.15) is 12.1 Å². The SMILES string of the molecule is O=C(O)c1cc(/C=C/c2ccccc2OC(F)(F)F)ncn1. The Morgan fingerprint density at radius 1 is 1.18 bits per heavy atom. The van der Waals surface area contributed by atoms with Gasteiger partial charge < -0.3 is 9.84 Å². The highest BCUT2D eigenvalue weighted by molar-refractivity contribution is 5.86. The number of ether oxygens (including phenoxy) is 1. The molecule has 0 aliphatic rings. The molecule has 0 bridgehead atoms. The lowest BCUT2D eigenvalue weighted by Crippen LogP contribution is -2.17. The molecule has 2 aromatic rings. The maximum absolute atomic E-state index is 12.3. The molecule has 0 saturated carbocycles. The van der Waals surface area contributed by atoms with Gasteiger partial charge in [0.25, 0.3) is 0 Å². The zero-order chi connectivity index (χ0) is 16.2. The van der Waals surface area contributed by atoms with Gasteiger partial charge in [-0.05, 0) is 24.3 Å². The third-order valence-electron chi connectivity index (χ3n) is 2.49. The standard InChI is InChI=1S/C14H9F3N2O3/c15-14(16,17)22-12-4-2-1-3-9(12)5-6-10-7-11(13(20)21)19-8-18-10/h1-8H,(H,20,21)/b6-5+. The van der Waals surface area contributed by atoms with E-state index in [9.17, 15) is 18.0 Å². The Morgan fingerprint density at radius 3 is 2.59 bits per heavy atom. The van der Waals surface area contributed by atoms with Gasteiger partial charge in [-0.2, -0.15) is 0 Å². The first-order chi connectivity index (χ1) is 10.3. The molecule has 5 nitrogen and oxygen atoms in total. The van der Waals surface area contributed by atoms with Crippen LogP contribution in [-0.2, 0) is 0 Å². The molecule has 0 unspecified atom stereocenters. The average Bonchev–Trinajstić information content (AvgIpc) is 2.45. The van der Waals surface area contributed by atoms with Crippen molar-refractivity contribution in [2.45, 2.75) is 6.36 Å². The first-order valence-electron chi connectivity index (χ1n) is 5.93. The monoisotopic (exact) mass is 310 g/mol. The molecular formula is C14H9F3N2O3. The van der Waals surface area contributed by atoms with Crippen LogP contribution in [0.1, 0.15) is 21.7 Å². The number of aromatic carboxylic acids is 1. The van der Waals surface area contributed by atoms with Crippen molar-refractivity contribution >= 4 is 18.1 Å². The van der Waals surface area contributed by atoms with Gasteiger partial charge in [-0.15, -0.1) is 13.2 Å². The summed E-state index contributed by atoms with van der Waals surface area (Å²) < 4.78 is 40.8. The predicted octanol–water partition coefficient (Wildman–Crippen LogP) is 3.24. The van der Waals surface area contributed by atoms with Crippen LogP contribution in [0.3, 0.4) is 0 Å². The molecule has 0 saturated heterocycles. The normalized spacial score (nSPS) is 11.6. The average molecular weight is 310 g/mol. The van der Waals surface area contributed by atoms with E-state index in [1.807, 2.05) is 0 Å². The number of rotatable bonds is 4. The molecule has 0 radical (unpaired) electrons. The number of carbonyl (C=O) groups is 1. The molecule has 0 atom stereocenters. The fourth-order valence-electron chi connectivity index (χ4n) is 1.59. The number of hydrogen-bond donors (Lipinski definition) is 1. The molecule has 0 amide bonds. The van der Waals surface area contributed by atoms with Crippen LogP contribution in [0.25, 0.3) is 12.2 Å². The van der Waals surface area contributed by atoms with Gasteiger partial charge in [0.2, 0.25) is 0 Å². The molecule has 0 aliphatic heterocycles. The summed E-state index contributed by atoms with van der Waals surface area (Å²) in [5.41, 5.74) is 0.207. The lowest BCUT2D eigenvalue weighted by molar-refractivity contribution is -0.274. The second kappa shape index (κ2) is 6.25. The van der Waals surface area contributed by atoms with Crippen LogP contribution in [0, 0.1) is 0 Å². The van der Waals surface area contributed by atoms with Gasteiger partial charge in [-0.1, -0.05) is 18.2 Å². The van der Waals surface area contributed by atoms with E-state index < -0.39 is 12.3 Å². The fraction of sp³-hybridized carbons (Fsp3) is 0.0714. The van der Waals surface area contributed by atoms with Crippen LogP contribution >= 0.6 is 0 Å². The third-order valence-corrected chi connectivity index (χ3v) is 2.49. The Morgan fingerprint density at radius 2 is 1.91 bits per heavy atom. The van der Waals surface area contributed by atoms with Crippen LogP contribution in [0.15, 0.2) is 36.7 Å². The molecule has 22 heavy (non-hydrogen) atoms. The van der Waals surface area contributed by atoms with E-state index in [0.29, 0.717) is 0 Å². The smallest absolute Gasteiger partial charge is 0.477 e. The van der Waals surface area contributed by atoms with Crippen molar-refractivity contribution in [2.75, 3.05) is 0 Å². The molecule has 8 heteroatoms. The van der Waals surface area contributed by atoms with E-state index >= 15 is 0 Å². The molecule has 1 heterocycles. The first-order valence-corrected chi connectivity index (χ1v) is 5.93. The van der Waals surface area contributed by atoms with Gasteiger partial charge in [-0.25, -0.2) is 14.8 Å². The van der Waals surface area contributed by atoms with Crippen LogP contribution in [0.4, 0.5) is 13.2 Å². The van der Waals surface area contributed by atoms with Gasteiger partial charge >= 0.3 is 12.3 Å². The van der Waals surface area contributed by atoms with Crippen LogP contribution < -0.4 is 4.74 Å².